The summed E-state index contributed by atoms with van der Waals surface area (Å²) < 4.78 is 14.1. The summed E-state index contributed by atoms with van der Waals surface area (Å²) in [5.74, 6) is -0.325. The average Bonchev–Trinajstić information content (AvgIpc) is 3.25. The molecule has 0 aliphatic carbocycles. The van der Waals surface area contributed by atoms with Crippen LogP contribution in [0.15, 0.2) is 47.3 Å². The van der Waals surface area contributed by atoms with Gasteiger partial charge in [-0.3, -0.25) is 10.1 Å². The Hall–Kier alpha value is -3.20. The van der Waals surface area contributed by atoms with Crippen LogP contribution in [0.5, 0.6) is 0 Å². The van der Waals surface area contributed by atoms with Gasteiger partial charge < -0.3 is 14.5 Å². The molecule has 0 radical (unpaired) electrons. The van der Waals surface area contributed by atoms with Crippen molar-refractivity contribution in [1.82, 2.24) is 9.59 Å². The lowest BCUT2D eigenvalue weighted by Gasteiger charge is -2.19. The zero-order chi connectivity index (χ0) is 19.4. The van der Waals surface area contributed by atoms with E-state index in [-0.39, 0.29) is 5.91 Å². The minimum absolute atomic E-state index is 0.325. The molecule has 8 nitrogen and oxygen atoms in total. The van der Waals surface area contributed by atoms with Gasteiger partial charge in [-0.2, -0.15) is 0 Å². The fourth-order valence-electron chi connectivity index (χ4n) is 2.17. The summed E-state index contributed by atoms with van der Waals surface area (Å²) >= 11 is 1.00. The Morgan fingerprint density at radius 1 is 1.07 bits per heavy atom. The monoisotopic (exact) mass is 386 g/mol. The third-order valence-electron chi connectivity index (χ3n) is 3.28. The number of anilines is 2. The van der Waals surface area contributed by atoms with Gasteiger partial charge in [0.2, 0.25) is 0 Å². The Labute approximate surface area is 159 Å². The first-order valence-electron chi connectivity index (χ1n) is 8.08. The van der Waals surface area contributed by atoms with Crippen LogP contribution >= 0.6 is 11.5 Å². The van der Waals surface area contributed by atoms with Crippen molar-refractivity contribution in [3.63, 3.8) is 0 Å². The maximum Gasteiger partial charge on any atom is 0.412 e. The van der Waals surface area contributed by atoms with Gasteiger partial charge in [0.05, 0.1) is 12.5 Å². The second kappa shape index (κ2) is 7.58. The number of nitrogens with zero attached hydrogens (tertiary/aromatic N) is 2. The summed E-state index contributed by atoms with van der Waals surface area (Å²) in [5.41, 5.74) is 1.70. The van der Waals surface area contributed by atoms with Crippen LogP contribution in [-0.2, 0) is 4.74 Å². The van der Waals surface area contributed by atoms with Crippen LogP contribution in [0.4, 0.5) is 16.2 Å². The van der Waals surface area contributed by atoms with Crippen LogP contribution in [0.25, 0.3) is 11.3 Å². The molecule has 2 N–H and O–H groups in total. The molecule has 2 heterocycles. The Morgan fingerprint density at radius 2 is 1.74 bits per heavy atom. The molecule has 0 aliphatic heterocycles. The first-order chi connectivity index (χ1) is 12.8. The number of nitrogens with one attached hydrogen (secondary N) is 2. The molecule has 0 saturated carbocycles. The lowest BCUT2D eigenvalue weighted by Crippen LogP contribution is -2.27. The van der Waals surface area contributed by atoms with Crippen molar-refractivity contribution in [2.24, 2.45) is 0 Å². The van der Waals surface area contributed by atoms with E-state index in [2.05, 4.69) is 20.2 Å². The van der Waals surface area contributed by atoms with E-state index in [1.807, 2.05) is 0 Å². The summed E-state index contributed by atoms with van der Waals surface area (Å²) in [5, 5.41) is 9.40. The molecule has 27 heavy (non-hydrogen) atoms. The normalized spacial score (nSPS) is 11.1. The van der Waals surface area contributed by atoms with Gasteiger partial charge in [-0.15, -0.1) is 5.10 Å². The van der Waals surface area contributed by atoms with E-state index in [4.69, 9.17) is 9.15 Å². The molecular formula is C18H18N4O4S. The number of hydrogen-bond donors (Lipinski definition) is 2. The van der Waals surface area contributed by atoms with Crippen LogP contribution in [-0.4, -0.2) is 27.2 Å². The first kappa shape index (κ1) is 18.6. The van der Waals surface area contributed by atoms with Crippen molar-refractivity contribution < 1.29 is 18.7 Å². The van der Waals surface area contributed by atoms with E-state index >= 15 is 0 Å². The quantitative estimate of drug-likeness (QED) is 0.688. The fraction of sp³-hybridized carbons (Fsp3) is 0.222. The number of amides is 2. The van der Waals surface area contributed by atoms with Crippen molar-refractivity contribution in [2.45, 2.75) is 26.4 Å². The highest BCUT2D eigenvalue weighted by atomic mass is 32.1. The number of benzene rings is 1. The van der Waals surface area contributed by atoms with E-state index < -0.39 is 11.7 Å². The largest absolute Gasteiger partial charge is 0.472 e. The minimum atomic E-state index is -0.576. The molecule has 2 amide bonds. The highest BCUT2D eigenvalue weighted by Crippen LogP contribution is 2.25. The van der Waals surface area contributed by atoms with Crippen LogP contribution in [0, 0.1) is 0 Å². The zero-order valence-corrected chi connectivity index (χ0v) is 15.8. The molecule has 1 aromatic carbocycles. The van der Waals surface area contributed by atoms with Crippen LogP contribution in [0.1, 0.15) is 30.4 Å². The van der Waals surface area contributed by atoms with Gasteiger partial charge >= 0.3 is 6.09 Å². The SMILES string of the molecule is CC(C)(C)OC(=O)Nc1ccc(NC(=O)c2snnc2-c2ccoc2)cc1. The predicted octanol–water partition coefficient (Wildman–Crippen LogP) is 4.40. The number of carbonyl (C=O) groups excluding carboxylic acids is 2. The zero-order valence-electron chi connectivity index (χ0n) is 15.0. The van der Waals surface area contributed by atoms with Crippen molar-refractivity contribution in [3.05, 3.63) is 47.7 Å². The highest BCUT2D eigenvalue weighted by Gasteiger charge is 2.19. The molecule has 0 unspecified atom stereocenters. The number of hydrogen-bond acceptors (Lipinski definition) is 7. The molecule has 0 fully saturated rings. The predicted molar refractivity (Wildman–Crippen MR) is 102 cm³/mol. The third kappa shape index (κ3) is 4.91. The molecule has 2 aromatic heterocycles. The molecule has 3 rings (SSSR count). The Kier molecular flexibility index (Phi) is 5.22. The smallest absolute Gasteiger partial charge is 0.412 e. The summed E-state index contributed by atoms with van der Waals surface area (Å²) in [4.78, 5) is 24.7. The number of aromatic nitrogens is 2. The van der Waals surface area contributed by atoms with Gasteiger partial charge in [-0.05, 0) is 62.6 Å². The molecule has 9 heteroatoms. The second-order valence-corrected chi connectivity index (χ2v) is 7.38. The summed E-state index contributed by atoms with van der Waals surface area (Å²) in [6, 6.07) is 8.40. The first-order valence-corrected chi connectivity index (χ1v) is 8.85. The van der Waals surface area contributed by atoms with E-state index in [0.29, 0.717) is 27.5 Å². The molecule has 0 aliphatic rings. The molecule has 0 atom stereocenters. The maximum absolute atomic E-state index is 12.5. The standard InChI is InChI=1S/C18H18N4O4S/c1-18(2,3)26-17(24)20-13-6-4-12(5-7-13)19-16(23)15-14(21-22-27-15)11-8-9-25-10-11/h4-10H,1-3H3,(H,19,23)(H,20,24). The molecular weight excluding hydrogens is 368 g/mol. The van der Waals surface area contributed by atoms with E-state index in [1.165, 1.54) is 12.5 Å². The number of ether oxygens (including phenoxy) is 1. The lowest BCUT2D eigenvalue weighted by atomic mass is 10.2. The minimum Gasteiger partial charge on any atom is -0.472 e. The van der Waals surface area contributed by atoms with Crippen molar-refractivity contribution in [3.8, 4) is 11.3 Å². The highest BCUT2D eigenvalue weighted by molar-refractivity contribution is 7.08. The van der Waals surface area contributed by atoms with Crippen molar-refractivity contribution in [1.29, 1.82) is 0 Å². The van der Waals surface area contributed by atoms with Crippen LogP contribution in [0.2, 0.25) is 0 Å². The second-order valence-electron chi connectivity index (χ2n) is 6.62. The van der Waals surface area contributed by atoms with Gasteiger partial charge in [0.25, 0.3) is 5.91 Å². The van der Waals surface area contributed by atoms with Crippen molar-refractivity contribution in [2.75, 3.05) is 10.6 Å². The topological polar surface area (TPSA) is 106 Å². The van der Waals surface area contributed by atoms with Crippen LogP contribution in [0.3, 0.4) is 0 Å². The van der Waals surface area contributed by atoms with Crippen molar-refractivity contribution >= 4 is 34.9 Å². The molecule has 0 saturated heterocycles. The van der Waals surface area contributed by atoms with E-state index in [0.717, 1.165) is 11.5 Å². The van der Waals surface area contributed by atoms with Gasteiger partial charge in [0.1, 0.15) is 16.2 Å². The lowest BCUT2D eigenvalue weighted by molar-refractivity contribution is 0.0635. The summed E-state index contributed by atoms with van der Waals surface area (Å²) in [7, 11) is 0. The van der Waals surface area contributed by atoms with Gasteiger partial charge in [-0.1, -0.05) is 4.49 Å². The Balaban J connectivity index is 1.64. The molecule has 3 aromatic rings. The summed E-state index contributed by atoms with van der Waals surface area (Å²) in [6.45, 7) is 5.37. The summed E-state index contributed by atoms with van der Waals surface area (Å²) in [6.07, 6.45) is 2.47. The Bertz CT molecular complexity index is 927. The van der Waals surface area contributed by atoms with Gasteiger partial charge in [0, 0.05) is 16.9 Å². The van der Waals surface area contributed by atoms with Gasteiger partial charge in [0.15, 0.2) is 0 Å². The van der Waals surface area contributed by atoms with E-state index in [1.54, 1.807) is 51.1 Å². The number of carbonyl (C=O) groups is 2. The maximum atomic E-state index is 12.5. The number of furan rings is 1. The molecule has 0 spiro atoms. The molecule has 0 bridgehead atoms. The number of rotatable bonds is 4. The van der Waals surface area contributed by atoms with Gasteiger partial charge in [-0.25, -0.2) is 4.79 Å². The fourth-order valence-corrected chi connectivity index (χ4v) is 2.76. The van der Waals surface area contributed by atoms with Crippen LogP contribution < -0.4 is 10.6 Å². The molecule has 140 valence electrons. The Morgan fingerprint density at radius 3 is 2.33 bits per heavy atom. The van der Waals surface area contributed by atoms with E-state index in [9.17, 15) is 9.59 Å². The average molecular weight is 386 g/mol. The third-order valence-corrected chi connectivity index (χ3v) is 4.00.